The van der Waals surface area contributed by atoms with Gasteiger partial charge >= 0.3 is 0 Å². The molecule has 0 aliphatic heterocycles. The lowest BCUT2D eigenvalue weighted by atomic mass is 10.2. The molecule has 0 bridgehead atoms. The predicted molar refractivity (Wildman–Crippen MR) is 63.3 cm³/mol. The second-order valence-electron chi connectivity index (χ2n) is 2.87. The number of nitrogens with two attached hydrogens (primary N) is 1. The summed E-state index contributed by atoms with van der Waals surface area (Å²) in [6.07, 6.45) is 0. The molecule has 0 spiro atoms. The van der Waals surface area contributed by atoms with Crippen LogP contribution >= 0.6 is 23.4 Å². The minimum absolute atomic E-state index is 0.115. The minimum Gasteiger partial charge on any atom is -0.330 e. The third kappa shape index (κ3) is 3.70. The second kappa shape index (κ2) is 5.95. The molecule has 2 N–H and O–H groups in total. The first-order chi connectivity index (χ1) is 7.15. The van der Waals surface area contributed by atoms with E-state index in [0.717, 1.165) is 5.75 Å². The number of nitro benzene ring substituents is 1. The molecule has 0 saturated heterocycles. The first kappa shape index (κ1) is 12.3. The van der Waals surface area contributed by atoms with E-state index in [1.807, 2.05) is 0 Å². The third-order valence-corrected chi connectivity index (χ3v) is 3.03. The van der Waals surface area contributed by atoms with Gasteiger partial charge in [-0.15, -0.1) is 0 Å². The highest BCUT2D eigenvalue weighted by Crippen LogP contribution is 2.26. The van der Waals surface area contributed by atoms with Crippen LogP contribution in [0.5, 0.6) is 0 Å². The number of benzene rings is 1. The largest absolute Gasteiger partial charge is 0.330 e. The van der Waals surface area contributed by atoms with Gasteiger partial charge in [-0.2, -0.15) is 11.8 Å². The quantitative estimate of drug-likeness (QED) is 0.492. The smallest absolute Gasteiger partial charge is 0.273 e. The van der Waals surface area contributed by atoms with Gasteiger partial charge in [-0.05, 0) is 12.1 Å². The van der Waals surface area contributed by atoms with Crippen LogP contribution in [0.15, 0.2) is 18.2 Å². The molecule has 0 aromatic heterocycles. The Morgan fingerprint density at radius 1 is 1.53 bits per heavy atom. The maximum atomic E-state index is 10.7. The van der Waals surface area contributed by atoms with Gasteiger partial charge in [0.1, 0.15) is 0 Å². The molecule has 6 heteroatoms. The number of rotatable bonds is 5. The van der Waals surface area contributed by atoms with Crippen LogP contribution in [0.3, 0.4) is 0 Å². The normalized spacial score (nSPS) is 10.3. The van der Waals surface area contributed by atoms with E-state index in [0.29, 0.717) is 22.9 Å². The average Bonchev–Trinajstić information content (AvgIpc) is 2.18. The van der Waals surface area contributed by atoms with Gasteiger partial charge in [-0.3, -0.25) is 10.1 Å². The van der Waals surface area contributed by atoms with E-state index in [2.05, 4.69) is 0 Å². The average molecular weight is 247 g/mol. The van der Waals surface area contributed by atoms with Crippen LogP contribution in [0.1, 0.15) is 5.56 Å². The number of nitro groups is 1. The van der Waals surface area contributed by atoms with Gasteiger partial charge in [0.2, 0.25) is 0 Å². The molecule has 1 aromatic carbocycles. The zero-order chi connectivity index (χ0) is 11.3. The van der Waals surface area contributed by atoms with Crippen molar-refractivity contribution in [1.82, 2.24) is 0 Å². The van der Waals surface area contributed by atoms with Crippen LogP contribution in [0.2, 0.25) is 5.02 Å². The Labute approximate surface area is 96.9 Å². The Morgan fingerprint density at radius 3 is 2.87 bits per heavy atom. The maximum Gasteiger partial charge on any atom is 0.273 e. The molecular weight excluding hydrogens is 236 g/mol. The first-order valence-electron chi connectivity index (χ1n) is 4.35. The zero-order valence-electron chi connectivity index (χ0n) is 7.98. The van der Waals surface area contributed by atoms with Crippen molar-refractivity contribution in [3.8, 4) is 0 Å². The molecule has 82 valence electrons. The maximum absolute atomic E-state index is 10.7. The van der Waals surface area contributed by atoms with Crippen molar-refractivity contribution in [3.05, 3.63) is 38.9 Å². The van der Waals surface area contributed by atoms with Crippen molar-refractivity contribution in [2.75, 3.05) is 12.3 Å². The van der Waals surface area contributed by atoms with E-state index in [1.54, 1.807) is 17.8 Å². The molecule has 0 radical (unpaired) electrons. The predicted octanol–water partition coefficient (Wildman–Crippen LogP) is 2.44. The Bertz CT molecular complexity index is 360. The molecule has 0 heterocycles. The van der Waals surface area contributed by atoms with Gasteiger partial charge in [-0.25, -0.2) is 0 Å². The van der Waals surface area contributed by atoms with Crippen LogP contribution in [-0.4, -0.2) is 17.2 Å². The van der Waals surface area contributed by atoms with Crippen molar-refractivity contribution in [2.24, 2.45) is 5.73 Å². The van der Waals surface area contributed by atoms with E-state index < -0.39 is 4.92 Å². The van der Waals surface area contributed by atoms with E-state index in [-0.39, 0.29) is 5.69 Å². The lowest BCUT2D eigenvalue weighted by molar-refractivity contribution is -0.385. The van der Waals surface area contributed by atoms with E-state index in [9.17, 15) is 10.1 Å². The number of hydrogen-bond donors (Lipinski definition) is 1. The summed E-state index contributed by atoms with van der Waals surface area (Å²) in [6.45, 7) is 0.568. The number of hydrogen-bond acceptors (Lipinski definition) is 4. The van der Waals surface area contributed by atoms with Gasteiger partial charge in [0.05, 0.1) is 4.92 Å². The summed E-state index contributed by atoms with van der Waals surface area (Å²) in [7, 11) is 0. The Balaban J connectivity index is 2.82. The van der Waals surface area contributed by atoms with E-state index in [1.165, 1.54) is 12.1 Å². The molecule has 0 saturated carbocycles. The molecule has 0 aliphatic rings. The van der Waals surface area contributed by atoms with Gasteiger partial charge in [0, 0.05) is 34.7 Å². The van der Waals surface area contributed by atoms with Gasteiger partial charge in [0.25, 0.3) is 5.69 Å². The number of halogens is 1. The first-order valence-corrected chi connectivity index (χ1v) is 5.89. The fourth-order valence-corrected chi connectivity index (χ4v) is 2.07. The van der Waals surface area contributed by atoms with E-state index in [4.69, 9.17) is 17.3 Å². The lowest BCUT2D eigenvalue weighted by Crippen LogP contribution is -2.02. The standard InChI is InChI=1S/C9H11ClN2O2S/c10-8-1-2-9(12(13)14)7(5-8)6-15-4-3-11/h1-2,5H,3-4,6,11H2. The lowest BCUT2D eigenvalue weighted by Gasteiger charge is -2.02. The number of thioether (sulfide) groups is 1. The molecular formula is C9H11ClN2O2S. The molecule has 0 fully saturated rings. The topological polar surface area (TPSA) is 69.2 Å². The van der Waals surface area contributed by atoms with Crippen LogP contribution < -0.4 is 5.73 Å². The molecule has 0 aliphatic carbocycles. The fraction of sp³-hybridized carbons (Fsp3) is 0.333. The van der Waals surface area contributed by atoms with Gasteiger partial charge in [0.15, 0.2) is 0 Å². The van der Waals surface area contributed by atoms with Crippen LogP contribution in [0.25, 0.3) is 0 Å². The Morgan fingerprint density at radius 2 is 2.27 bits per heavy atom. The Kier molecular flexibility index (Phi) is 4.87. The second-order valence-corrected chi connectivity index (χ2v) is 4.41. The summed E-state index contributed by atoms with van der Waals surface area (Å²) in [6, 6.07) is 4.58. The minimum atomic E-state index is -0.394. The molecule has 0 unspecified atom stereocenters. The van der Waals surface area contributed by atoms with Gasteiger partial charge < -0.3 is 5.73 Å². The number of nitrogens with zero attached hydrogens (tertiary/aromatic N) is 1. The summed E-state index contributed by atoms with van der Waals surface area (Å²) in [5.74, 6) is 1.34. The van der Waals surface area contributed by atoms with Crippen LogP contribution in [0, 0.1) is 10.1 Å². The van der Waals surface area contributed by atoms with Crippen molar-refractivity contribution in [3.63, 3.8) is 0 Å². The highest BCUT2D eigenvalue weighted by atomic mass is 35.5. The Hall–Kier alpha value is -0.780. The highest BCUT2D eigenvalue weighted by Gasteiger charge is 2.13. The van der Waals surface area contributed by atoms with Crippen molar-refractivity contribution >= 4 is 29.1 Å². The van der Waals surface area contributed by atoms with Crippen molar-refractivity contribution in [2.45, 2.75) is 5.75 Å². The van der Waals surface area contributed by atoms with E-state index >= 15 is 0 Å². The molecule has 15 heavy (non-hydrogen) atoms. The van der Waals surface area contributed by atoms with Gasteiger partial charge in [-0.1, -0.05) is 11.6 Å². The van der Waals surface area contributed by atoms with Crippen molar-refractivity contribution < 1.29 is 4.92 Å². The fourth-order valence-electron chi connectivity index (χ4n) is 1.11. The molecule has 4 nitrogen and oxygen atoms in total. The summed E-state index contributed by atoms with van der Waals surface area (Å²) >= 11 is 7.34. The molecule has 1 aromatic rings. The third-order valence-electron chi connectivity index (χ3n) is 1.76. The monoisotopic (exact) mass is 246 g/mol. The molecule has 0 atom stereocenters. The summed E-state index contributed by atoms with van der Waals surface area (Å²) in [5, 5.41) is 11.2. The van der Waals surface area contributed by atoms with Crippen LogP contribution in [0.4, 0.5) is 5.69 Å². The highest BCUT2D eigenvalue weighted by molar-refractivity contribution is 7.98. The summed E-state index contributed by atoms with van der Waals surface area (Å²) in [4.78, 5) is 10.3. The molecule has 0 amide bonds. The van der Waals surface area contributed by atoms with Crippen LogP contribution in [-0.2, 0) is 5.75 Å². The molecule has 1 rings (SSSR count). The summed E-state index contributed by atoms with van der Waals surface area (Å²) < 4.78 is 0. The SMILES string of the molecule is NCCSCc1cc(Cl)ccc1[N+](=O)[O-]. The van der Waals surface area contributed by atoms with Crippen molar-refractivity contribution in [1.29, 1.82) is 0 Å². The summed E-state index contributed by atoms with van der Waals surface area (Å²) in [5.41, 5.74) is 6.10. The zero-order valence-corrected chi connectivity index (χ0v) is 9.55.